The van der Waals surface area contributed by atoms with Crippen molar-refractivity contribution >= 4 is 17.7 Å². The van der Waals surface area contributed by atoms with Gasteiger partial charge in [0.1, 0.15) is 6.54 Å². The van der Waals surface area contributed by atoms with Crippen molar-refractivity contribution in [2.24, 2.45) is 0 Å². The topological polar surface area (TPSA) is 97.1 Å². The highest BCUT2D eigenvalue weighted by Crippen LogP contribution is 2.08. The van der Waals surface area contributed by atoms with Crippen molar-refractivity contribution in [3.63, 3.8) is 0 Å². The fourth-order valence-electron chi connectivity index (χ4n) is 1.90. The Bertz CT molecular complexity index is 651. The number of hydrogen-bond acceptors (Lipinski definition) is 4. The lowest BCUT2D eigenvalue weighted by atomic mass is 10.1. The maximum absolute atomic E-state index is 11.8. The Labute approximate surface area is 121 Å². The van der Waals surface area contributed by atoms with E-state index in [1.54, 1.807) is 0 Å². The van der Waals surface area contributed by atoms with Gasteiger partial charge < -0.3 is 10.4 Å². The van der Waals surface area contributed by atoms with E-state index in [1.807, 2.05) is 31.2 Å². The first-order chi connectivity index (χ1) is 10.0. The molecule has 0 aliphatic heterocycles. The van der Waals surface area contributed by atoms with Gasteiger partial charge in [-0.05, 0) is 18.9 Å². The zero-order valence-electron chi connectivity index (χ0n) is 11.6. The summed E-state index contributed by atoms with van der Waals surface area (Å²) in [4.78, 5) is 22.3. The number of carbonyl (C=O) groups is 2. The van der Waals surface area contributed by atoms with Gasteiger partial charge in [-0.2, -0.15) is 0 Å². The second-order valence-corrected chi connectivity index (χ2v) is 4.73. The van der Waals surface area contributed by atoms with Gasteiger partial charge in [0.25, 0.3) is 0 Å². The van der Waals surface area contributed by atoms with Gasteiger partial charge >= 0.3 is 5.97 Å². The second kappa shape index (κ2) is 6.65. The number of amides is 1. The molecular weight excluding hydrogens is 272 g/mol. The molecule has 0 aliphatic carbocycles. The Morgan fingerprint density at radius 3 is 2.90 bits per heavy atom. The van der Waals surface area contributed by atoms with Crippen LogP contribution in [0.3, 0.4) is 0 Å². The first kappa shape index (κ1) is 14.7. The normalized spacial score (nSPS) is 10.3. The van der Waals surface area contributed by atoms with E-state index in [-0.39, 0.29) is 18.3 Å². The minimum absolute atomic E-state index is 0.182. The number of hydrogen-bond donors (Lipinski definition) is 2. The largest absolute Gasteiger partial charge is 0.480 e. The number of nitrogens with zero attached hydrogens (tertiary/aromatic N) is 3. The highest BCUT2D eigenvalue weighted by atomic mass is 16.4. The van der Waals surface area contributed by atoms with Crippen molar-refractivity contribution in [2.45, 2.75) is 26.3 Å². The lowest BCUT2D eigenvalue weighted by Crippen LogP contribution is -2.12. The fraction of sp³-hybridized carbons (Fsp3) is 0.286. The predicted octanol–water partition coefficient (Wildman–Crippen LogP) is 1.24. The van der Waals surface area contributed by atoms with Crippen LogP contribution < -0.4 is 5.32 Å². The first-order valence-corrected chi connectivity index (χ1v) is 6.50. The van der Waals surface area contributed by atoms with Gasteiger partial charge in [0.2, 0.25) is 5.91 Å². The molecule has 0 radical (unpaired) electrons. The molecule has 0 bridgehead atoms. The summed E-state index contributed by atoms with van der Waals surface area (Å²) in [5.74, 6) is -0.943. The molecule has 0 aliphatic rings. The molecule has 1 amide bonds. The fourth-order valence-corrected chi connectivity index (χ4v) is 1.90. The molecule has 2 aromatic rings. The van der Waals surface area contributed by atoms with E-state index in [4.69, 9.17) is 5.11 Å². The minimum atomic E-state index is -1.02. The summed E-state index contributed by atoms with van der Waals surface area (Å²) in [7, 11) is 0. The van der Waals surface area contributed by atoms with E-state index >= 15 is 0 Å². The summed E-state index contributed by atoms with van der Waals surface area (Å²) in [6.45, 7) is 1.72. The average molecular weight is 288 g/mol. The van der Waals surface area contributed by atoms with Crippen LogP contribution in [0.1, 0.15) is 17.5 Å². The van der Waals surface area contributed by atoms with Crippen LogP contribution in [-0.4, -0.2) is 32.0 Å². The third kappa shape index (κ3) is 4.72. The van der Waals surface area contributed by atoms with E-state index in [2.05, 4.69) is 15.6 Å². The van der Waals surface area contributed by atoms with Crippen LogP contribution >= 0.6 is 0 Å². The van der Waals surface area contributed by atoms with Crippen molar-refractivity contribution in [1.82, 2.24) is 15.0 Å². The average Bonchev–Trinajstić information content (AvgIpc) is 2.83. The van der Waals surface area contributed by atoms with Crippen LogP contribution in [-0.2, 0) is 22.6 Å². The zero-order valence-corrected chi connectivity index (χ0v) is 11.6. The van der Waals surface area contributed by atoms with E-state index in [0.29, 0.717) is 12.8 Å². The van der Waals surface area contributed by atoms with Crippen molar-refractivity contribution < 1.29 is 14.7 Å². The molecule has 0 saturated heterocycles. The molecule has 1 aromatic carbocycles. The number of carbonyl (C=O) groups excluding carboxylic acids is 1. The Hall–Kier alpha value is -2.70. The Kier molecular flexibility index (Phi) is 4.65. The molecule has 21 heavy (non-hydrogen) atoms. The maximum Gasteiger partial charge on any atom is 0.325 e. The molecule has 2 rings (SSSR count). The van der Waals surface area contributed by atoms with E-state index in [9.17, 15) is 9.59 Å². The van der Waals surface area contributed by atoms with Gasteiger partial charge in [-0.1, -0.05) is 35.0 Å². The summed E-state index contributed by atoms with van der Waals surface area (Å²) in [5.41, 5.74) is 2.25. The van der Waals surface area contributed by atoms with Crippen LogP contribution in [0.5, 0.6) is 0 Å². The third-order valence-electron chi connectivity index (χ3n) is 2.83. The third-order valence-corrected chi connectivity index (χ3v) is 2.83. The number of anilines is 1. The number of rotatable bonds is 6. The minimum Gasteiger partial charge on any atom is -0.480 e. The lowest BCUT2D eigenvalue weighted by Gasteiger charge is -2.03. The monoisotopic (exact) mass is 288 g/mol. The zero-order chi connectivity index (χ0) is 15.2. The van der Waals surface area contributed by atoms with Crippen LogP contribution in [0.15, 0.2) is 30.5 Å². The highest BCUT2D eigenvalue weighted by molar-refractivity contribution is 5.89. The van der Waals surface area contributed by atoms with Crippen molar-refractivity contribution in [2.75, 3.05) is 5.32 Å². The van der Waals surface area contributed by atoms with Gasteiger partial charge in [-0.3, -0.25) is 9.59 Å². The van der Waals surface area contributed by atoms with Gasteiger partial charge in [0.15, 0.2) is 5.82 Å². The van der Waals surface area contributed by atoms with Gasteiger partial charge in [-0.25, -0.2) is 4.68 Å². The Morgan fingerprint density at radius 2 is 2.19 bits per heavy atom. The van der Waals surface area contributed by atoms with E-state index in [0.717, 1.165) is 15.8 Å². The maximum atomic E-state index is 11.8. The molecule has 0 fully saturated rings. The number of carboxylic acid groups (broad SMARTS) is 1. The van der Waals surface area contributed by atoms with Crippen LogP contribution in [0.2, 0.25) is 0 Å². The Morgan fingerprint density at radius 1 is 1.38 bits per heavy atom. The lowest BCUT2D eigenvalue weighted by molar-refractivity contribution is -0.137. The number of benzene rings is 1. The predicted molar refractivity (Wildman–Crippen MR) is 75.8 cm³/mol. The highest BCUT2D eigenvalue weighted by Gasteiger charge is 2.08. The van der Waals surface area contributed by atoms with E-state index in [1.165, 1.54) is 6.20 Å². The van der Waals surface area contributed by atoms with Crippen LogP contribution in [0.4, 0.5) is 5.82 Å². The summed E-state index contributed by atoms with van der Waals surface area (Å²) >= 11 is 0. The van der Waals surface area contributed by atoms with Gasteiger partial charge in [0.05, 0.1) is 6.20 Å². The quantitative estimate of drug-likeness (QED) is 0.833. The van der Waals surface area contributed by atoms with Crippen molar-refractivity contribution in [1.29, 1.82) is 0 Å². The Balaban J connectivity index is 1.84. The molecule has 0 atom stereocenters. The standard InChI is InChI=1S/C14H16N4O3/c1-10-3-2-4-11(7-10)5-6-13(19)15-12-8-18(17-16-12)9-14(20)21/h2-4,7-8H,5-6,9H2,1H3,(H,15,19)(H,20,21). The van der Waals surface area contributed by atoms with Gasteiger partial charge in [0, 0.05) is 6.42 Å². The SMILES string of the molecule is Cc1cccc(CCC(=O)Nc2cn(CC(=O)O)nn2)c1. The molecular formula is C14H16N4O3. The second-order valence-electron chi connectivity index (χ2n) is 4.73. The van der Waals surface area contributed by atoms with E-state index < -0.39 is 5.97 Å². The number of aryl methyl sites for hydroxylation is 2. The summed E-state index contributed by atoms with van der Waals surface area (Å²) < 4.78 is 1.15. The smallest absolute Gasteiger partial charge is 0.325 e. The van der Waals surface area contributed by atoms with Crippen LogP contribution in [0.25, 0.3) is 0 Å². The molecule has 1 heterocycles. The molecule has 1 aromatic heterocycles. The van der Waals surface area contributed by atoms with Crippen molar-refractivity contribution in [3.8, 4) is 0 Å². The number of aliphatic carboxylic acids is 1. The number of carboxylic acids is 1. The molecule has 0 spiro atoms. The van der Waals surface area contributed by atoms with Crippen molar-refractivity contribution in [3.05, 3.63) is 41.6 Å². The molecule has 110 valence electrons. The molecule has 7 nitrogen and oxygen atoms in total. The number of nitrogens with one attached hydrogen (secondary N) is 1. The summed E-state index contributed by atoms with van der Waals surface area (Å²) in [6.07, 6.45) is 2.35. The van der Waals surface area contributed by atoms with Crippen LogP contribution in [0, 0.1) is 6.92 Å². The molecule has 2 N–H and O–H groups in total. The first-order valence-electron chi connectivity index (χ1n) is 6.50. The summed E-state index contributed by atoms with van der Waals surface area (Å²) in [5, 5.41) is 18.5. The molecule has 0 unspecified atom stereocenters. The molecule has 0 saturated carbocycles. The molecule has 7 heteroatoms. The number of aromatic nitrogens is 3. The summed E-state index contributed by atoms with van der Waals surface area (Å²) in [6, 6.07) is 7.98. The van der Waals surface area contributed by atoms with Gasteiger partial charge in [-0.15, -0.1) is 5.10 Å².